The molecule has 0 aliphatic heterocycles. The third kappa shape index (κ3) is 1.60. The highest BCUT2D eigenvalue weighted by atomic mass is 32.1. The summed E-state index contributed by atoms with van der Waals surface area (Å²) in [5.41, 5.74) is 0. The van der Waals surface area contributed by atoms with Gasteiger partial charge >= 0.3 is 0 Å². The van der Waals surface area contributed by atoms with Gasteiger partial charge < -0.3 is 5.32 Å². The molecule has 70 valence electrons. The van der Waals surface area contributed by atoms with E-state index in [2.05, 4.69) is 21.6 Å². The van der Waals surface area contributed by atoms with E-state index in [4.69, 9.17) is 5.26 Å². The summed E-state index contributed by atoms with van der Waals surface area (Å²) in [6, 6.07) is 5.78. The maximum atomic E-state index is 8.66. The van der Waals surface area contributed by atoms with Gasteiger partial charge in [0.05, 0.1) is 4.88 Å². The number of anilines is 1. The molecule has 0 saturated carbocycles. The molecular weight excluding hydrogens is 216 g/mol. The normalized spacial score (nSPS) is 9.71. The maximum Gasteiger partial charge on any atom is 0.205 e. The van der Waals surface area contributed by atoms with Crippen LogP contribution in [0.3, 0.4) is 0 Å². The van der Waals surface area contributed by atoms with Gasteiger partial charge in [-0.15, -0.1) is 21.5 Å². The van der Waals surface area contributed by atoms with E-state index in [1.165, 1.54) is 22.7 Å². The minimum Gasteiger partial charge on any atom is -0.363 e. The molecule has 2 aromatic heterocycles. The molecule has 6 heteroatoms. The molecule has 0 radical (unpaired) electrons. The van der Waals surface area contributed by atoms with Gasteiger partial charge in [-0.3, -0.25) is 0 Å². The van der Waals surface area contributed by atoms with Crippen molar-refractivity contribution >= 4 is 27.8 Å². The zero-order valence-corrected chi connectivity index (χ0v) is 8.95. The average Bonchev–Trinajstić information content (AvgIpc) is 2.86. The number of aromatic nitrogens is 2. The van der Waals surface area contributed by atoms with Crippen LogP contribution in [-0.4, -0.2) is 17.2 Å². The van der Waals surface area contributed by atoms with Crippen LogP contribution in [0.15, 0.2) is 12.1 Å². The molecule has 0 amide bonds. The second-order valence-electron chi connectivity index (χ2n) is 2.44. The van der Waals surface area contributed by atoms with Crippen molar-refractivity contribution in [3.63, 3.8) is 0 Å². The van der Waals surface area contributed by atoms with Gasteiger partial charge in [-0.2, -0.15) is 5.26 Å². The van der Waals surface area contributed by atoms with Crippen LogP contribution in [-0.2, 0) is 0 Å². The summed E-state index contributed by atoms with van der Waals surface area (Å²) in [4.78, 5) is 1.68. The molecule has 2 heterocycles. The summed E-state index contributed by atoms with van der Waals surface area (Å²) in [6.07, 6.45) is 0. The average molecular weight is 222 g/mol. The Morgan fingerprint density at radius 1 is 1.36 bits per heavy atom. The fraction of sp³-hybridized carbons (Fsp3) is 0.125. The molecule has 14 heavy (non-hydrogen) atoms. The van der Waals surface area contributed by atoms with Crippen molar-refractivity contribution in [2.24, 2.45) is 0 Å². The van der Waals surface area contributed by atoms with Crippen molar-refractivity contribution in [2.45, 2.75) is 0 Å². The lowest BCUT2D eigenvalue weighted by atomic mass is 10.4. The first-order valence-electron chi connectivity index (χ1n) is 3.85. The monoisotopic (exact) mass is 222 g/mol. The standard InChI is InChI=1S/C8H6N4S2/c1-10-8-12-11-7(14-8)6-3-2-5(4-9)13-6/h2-3H,1H3,(H,10,12). The minimum absolute atomic E-state index is 0.696. The molecule has 0 unspecified atom stereocenters. The molecule has 0 aliphatic rings. The van der Waals surface area contributed by atoms with Crippen LogP contribution in [0.2, 0.25) is 0 Å². The van der Waals surface area contributed by atoms with E-state index >= 15 is 0 Å². The summed E-state index contributed by atoms with van der Waals surface area (Å²) in [6.45, 7) is 0. The van der Waals surface area contributed by atoms with E-state index in [0.29, 0.717) is 4.88 Å². The van der Waals surface area contributed by atoms with E-state index in [1.54, 1.807) is 13.1 Å². The third-order valence-corrected chi connectivity index (χ3v) is 3.67. The van der Waals surface area contributed by atoms with E-state index in [1.807, 2.05) is 6.07 Å². The Balaban J connectivity index is 2.35. The first kappa shape index (κ1) is 9.12. The topological polar surface area (TPSA) is 61.6 Å². The van der Waals surface area contributed by atoms with Gasteiger partial charge in [-0.05, 0) is 12.1 Å². The summed E-state index contributed by atoms with van der Waals surface area (Å²) in [7, 11) is 1.80. The summed E-state index contributed by atoms with van der Waals surface area (Å²) >= 11 is 2.91. The van der Waals surface area contributed by atoms with Gasteiger partial charge in [0.2, 0.25) is 5.13 Å². The summed E-state index contributed by atoms with van der Waals surface area (Å²) < 4.78 is 0. The van der Waals surface area contributed by atoms with E-state index < -0.39 is 0 Å². The molecule has 0 atom stereocenters. The summed E-state index contributed by atoms with van der Waals surface area (Å²) in [5, 5.41) is 21.2. The van der Waals surface area contributed by atoms with Crippen molar-refractivity contribution in [3.8, 4) is 16.0 Å². The van der Waals surface area contributed by atoms with Gasteiger partial charge in [0.15, 0.2) is 5.01 Å². The molecule has 0 aliphatic carbocycles. The predicted molar refractivity (Wildman–Crippen MR) is 57.5 cm³/mol. The van der Waals surface area contributed by atoms with Crippen molar-refractivity contribution < 1.29 is 0 Å². The Hall–Kier alpha value is -1.45. The van der Waals surface area contributed by atoms with Gasteiger partial charge in [-0.1, -0.05) is 11.3 Å². The number of hydrogen-bond acceptors (Lipinski definition) is 6. The first-order chi connectivity index (χ1) is 6.83. The predicted octanol–water partition coefficient (Wildman–Crippen LogP) is 2.18. The molecule has 0 saturated heterocycles. The van der Waals surface area contributed by atoms with Crippen molar-refractivity contribution in [1.29, 1.82) is 5.26 Å². The largest absolute Gasteiger partial charge is 0.363 e. The van der Waals surface area contributed by atoms with Gasteiger partial charge in [0, 0.05) is 7.05 Å². The maximum absolute atomic E-state index is 8.66. The molecular formula is C8H6N4S2. The van der Waals surface area contributed by atoms with Crippen molar-refractivity contribution in [1.82, 2.24) is 10.2 Å². The fourth-order valence-electron chi connectivity index (χ4n) is 0.937. The van der Waals surface area contributed by atoms with E-state index in [0.717, 1.165) is 15.0 Å². The molecule has 0 spiro atoms. The van der Waals surface area contributed by atoms with Gasteiger partial charge in [-0.25, -0.2) is 0 Å². The van der Waals surface area contributed by atoms with Crippen molar-refractivity contribution in [2.75, 3.05) is 12.4 Å². The Labute approximate surface area is 88.8 Å². The van der Waals surface area contributed by atoms with Crippen LogP contribution < -0.4 is 5.32 Å². The van der Waals surface area contributed by atoms with Gasteiger partial charge in [0.1, 0.15) is 10.9 Å². The third-order valence-electron chi connectivity index (χ3n) is 1.57. The minimum atomic E-state index is 0.696. The zero-order chi connectivity index (χ0) is 9.97. The van der Waals surface area contributed by atoms with Crippen LogP contribution in [0.1, 0.15) is 4.88 Å². The quantitative estimate of drug-likeness (QED) is 0.846. The van der Waals surface area contributed by atoms with Gasteiger partial charge in [0.25, 0.3) is 0 Å². The zero-order valence-electron chi connectivity index (χ0n) is 7.31. The number of nitrogens with zero attached hydrogens (tertiary/aromatic N) is 3. The Morgan fingerprint density at radius 3 is 2.79 bits per heavy atom. The Morgan fingerprint density at radius 2 is 2.21 bits per heavy atom. The molecule has 4 nitrogen and oxygen atoms in total. The molecule has 2 rings (SSSR count). The number of rotatable bonds is 2. The second kappa shape index (κ2) is 3.74. The highest BCUT2D eigenvalue weighted by Gasteiger charge is 2.07. The first-order valence-corrected chi connectivity index (χ1v) is 5.48. The molecule has 2 aromatic rings. The second-order valence-corrected chi connectivity index (χ2v) is 4.50. The fourth-order valence-corrected chi connectivity index (χ4v) is 2.49. The van der Waals surface area contributed by atoms with Crippen LogP contribution in [0.25, 0.3) is 9.88 Å². The number of nitriles is 1. The molecule has 1 N–H and O–H groups in total. The molecule has 0 fully saturated rings. The number of thiophene rings is 1. The van der Waals surface area contributed by atoms with Crippen molar-refractivity contribution in [3.05, 3.63) is 17.0 Å². The highest BCUT2D eigenvalue weighted by molar-refractivity contribution is 7.23. The van der Waals surface area contributed by atoms with E-state index in [9.17, 15) is 0 Å². The number of hydrogen-bond donors (Lipinski definition) is 1. The lowest BCUT2D eigenvalue weighted by molar-refractivity contribution is 1.09. The SMILES string of the molecule is CNc1nnc(-c2ccc(C#N)s2)s1. The molecule has 0 aromatic carbocycles. The van der Waals surface area contributed by atoms with Crippen LogP contribution in [0, 0.1) is 11.3 Å². The van der Waals surface area contributed by atoms with E-state index in [-0.39, 0.29) is 0 Å². The van der Waals surface area contributed by atoms with Crippen LogP contribution in [0.4, 0.5) is 5.13 Å². The lowest BCUT2D eigenvalue weighted by Gasteiger charge is -1.85. The Bertz CT molecular complexity index is 479. The molecule has 0 bridgehead atoms. The number of nitrogens with one attached hydrogen (secondary N) is 1. The van der Waals surface area contributed by atoms with Crippen LogP contribution in [0.5, 0.6) is 0 Å². The lowest BCUT2D eigenvalue weighted by Crippen LogP contribution is -1.84. The van der Waals surface area contributed by atoms with Crippen LogP contribution >= 0.6 is 22.7 Å². The Kier molecular flexibility index (Phi) is 2.43. The smallest absolute Gasteiger partial charge is 0.205 e. The summed E-state index contributed by atoms with van der Waals surface area (Å²) in [5.74, 6) is 0. The highest BCUT2D eigenvalue weighted by Crippen LogP contribution is 2.31.